The molecule has 0 radical (unpaired) electrons. The molecule has 0 fully saturated rings. The van der Waals surface area contributed by atoms with E-state index in [9.17, 15) is 4.79 Å². The van der Waals surface area contributed by atoms with Gasteiger partial charge in [-0.3, -0.25) is 4.90 Å². The molecule has 0 unspecified atom stereocenters. The first-order chi connectivity index (χ1) is 22.4. The summed E-state index contributed by atoms with van der Waals surface area (Å²) >= 11 is 3.08. The minimum atomic E-state index is -0.445. The van der Waals surface area contributed by atoms with Crippen LogP contribution in [0, 0.1) is 18.8 Å². The van der Waals surface area contributed by atoms with Crippen molar-refractivity contribution in [2.45, 2.75) is 32.6 Å². The molecular formula is C34H35N7O3S2. The van der Waals surface area contributed by atoms with E-state index in [1.807, 2.05) is 61.5 Å². The number of fused-ring (bicyclic) bond motifs is 2. The van der Waals surface area contributed by atoms with Crippen molar-refractivity contribution in [1.29, 1.82) is 0 Å². The van der Waals surface area contributed by atoms with Crippen LogP contribution < -0.4 is 15.0 Å². The van der Waals surface area contributed by atoms with Crippen molar-refractivity contribution in [3.05, 3.63) is 75.8 Å². The normalized spacial score (nSPS) is 12.5. The molecule has 0 saturated carbocycles. The molecule has 0 saturated heterocycles. The Labute approximate surface area is 276 Å². The largest absolute Gasteiger partial charge is 0.494 e. The average molecular weight is 654 g/mol. The zero-order valence-corrected chi connectivity index (χ0v) is 27.9. The quantitative estimate of drug-likeness (QED) is 0.104. The third kappa shape index (κ3) is 7.12. The highest BCUT2D eigenvalue weighted by atomic mass is 32.1. The molecule has 6 rings (SSSR count). The van der Waals surface area contributed by atoms with E-state index in [4.69, 9.17) is 14.5 Å². The first-order valence-corrected chi connectivity index (χ1v) is 16.7. The summed E-state index contributed by atoms with van der Waals surface area (Å²) in [5.41, 5.74) is 4.39. The molecule has 0 bridgehead atoms. The number of benzene rings is 2. The fourth-order valence-electron chi connectivity index (χ4n) is 5.15. The summed E-state index contributed by atoms with van der Waals surface area (Å²) in [4.78, 5) is 27.1. The smallest absolute Gasteiger partial charge is 0.357 e. The topological polar surface area (TPSA) is 106 Å². The van der Waals surface area contributed by atoms with Crippen LogP contribution in [-0.4, -0.2) is 71.9 Å². The Balaban J connectivity index is 1.14. The molecular weight excluding hydrogens is 619 g/mol. The van der Waals surface area contributed by atoms with Gasteiger partial charge in [-0.1, -0.05) is 35.3 Å². The van der Waals surface area contributed by atoms with Crippen molar-refractivity contribution < 1.29 is 14.3 Å². The maximum Gasteiger partial charge on any atom is 0.357 e. The fourth-order valence-corrected chi connectivity index (χ4v) is 7.13. The molecule has 2 aromatic carbocycles. The number of methoxy groups -OCH3 is 1. The maximum absolute atomic E-state index is 12.7. The maximum atomic E-state index is 12.7. The van der Waals surface area contributed by atoms with E-state index < -0.39 is 5.97 Å². The predicted molar refractivity (Wildman–Crippen MR) is 184 cm³/mol. The van der Waals surface area contributed by atoms with Crippen molar-refractivity contribution in [2.75, 3.05) is 51.1 Å². The molecule has 236 valence electrons. The molecule has 0 spiro atoms. The van der Waals surface area contributed by atoms with Gasteiger partial charge in [0.1, 0.15) is 5.75 Å². The van der Waals surface area contributed by atoms with Crippen LogP contribution in [0.15, 0.2) is 48.5 Å². The van der Waals surface area contributed by atoms with Crippen LogP contribution in [0.1, 0.15) is 44.9 Å². The van der Waals surface area contributed by atoms with Crippen LogP contribution >= 0.6 is 22.7 Å². The molecule has 0 aliphatic carbocycles. The summed E-state index contributed by atoms with van der Waals surface area (Å²) in [7, 11) is 5.37. The van der Waals surface area contributed by atoms with Gasteiger partial charge in [0.25, 0.3) is 0 Å². The zero-order chi connectivity index (χ0) is 32.0. The standard InChI is InChI=1S/C34H35N7O3S2/c1-22-25-11-8-20-41(31(25)39-38-30(22)37-33-35-26-12-5-6-13-27(26)45-33)34-36-29(32(42)43-4)28(46-34)14-9-21-44-24-17-15-23(16-18-24)10-7-19-40(2)3/h5-6,12-13,15-18H,8-9,11,14,19-21H2,1-4H3,(H,35,37,38). The lowest BCUT2D eigenvalue weighted by Gasteiger charge is -2.28. The van der Waals surface area contributed by atoms with E-state index in [0.29, 0.717) is 42.6 Å². The molecule has 0 atom stereocenters. The third-order valence-corrected chi connectivity index (χ3v) is 9.59. The van der Waals surface area contributed by atoms with Crippen molar-refractivity contribution in [3.8, 4) is 17.6 Å². The first kappa shape index (κ1) is 31.4. The highest BCUT2D eigenvalue weighted by Crippen LogP contribution is 2.39. The van der Waals surface area contributed by atoms with Gasteiger partial charge >= 0.3 is 5.97 Å². The Hall–Kier alpha value is -4.57. The van der Waals surface area contributed by atoms with Crippen molar-refractivity contribution in [3.63, 3.8) is 0 Å². The Morgan fingerprint density at radius 3 is 2.70 bits per heavy atom. The van der Waals surface area contributed by atoms with Gasteiger partial charge in [0.15, 0.2) is 27.6 Å². The monoisotopic (exact) mass is 653 g/mol. The fraction of sp³-hybridized carbons (Fsp3) is 0.324. The summed E-state index contributed by atoms with van der Waals surface area (Å²) in [5.74, 6) is 8.10. The second kappa shape index (κ2) is 14.2. The second-order valence-corrected chi connectivity index (χ2v) is 13.2. The number of esters is 1. The number of hydrogen-bond acceptors (Lipinski definition) is 12. The first-order valence-electron chi connectivity index (χ1n) is 15.1. The van der Waals surface area contributed by atoms with Gasteiger partial charge in [-0.2, -0.15) is 0 Å². The van der Waals surface area contributed by atoms with Gasteiger partial charge in [-0.25, -0.2) is 14.8 Å². The number of aromatic nitrogens is 4. The SMILES string of the molecule is COC(=O)c1nc(N2CCCc3c2nnc(Nc2nc4ccccc4s2)c3C)sc1CCCOc1ccc(C#CCN(C)C)cc1. The number of anilines is 4. The van der Waals surface area contributed by atoms with Gasteiger partial charge in [0.2, 0.25) is 0 Å². The van der Waals surface area contributed by atoms with E-state index in [0.717, 1.165) is 67.9 Å². The van der Waals surface area contributed by atoms with Crippen LogP contribution in [0.4, 0.5) is 21.9 Å². The minimum absolute atomic E-state index is 0.342. The Morgan fingerprint density at radius 1 is 1.09 bits per heavy atom. The van der Waals surface area contributed by atoms with Gasteiger partial charge in [-0.15, -0.1) is 21.5 Å². The third-order valence-electron chi connectivity index (χ3n) is 7.50. The molecule has 1 aliphatic rings. The molecule has 5 aromatic rings. The molecule has 4 heterocycles. The van der Waals surface area contributed by atoms with E-state index in [2.05, 4.69) is 50.2 Å². The summed E-state index contributed by atoms with van der Waals surface area (Å²) in [6.07, 6.45) is 3.15. The number of carbonyl (C=O) groups excluding carboxylic acids is 1. The molecule has 10 nitrogen and oxygen atoms in total. The zero-order valence-electron chi connectivity index (χ0n) is 26.3. The number of para-hydroxylation sites is 1. The van der Waals surface area contributed by atoms with Crippen LogP contribution in [0.2, 0.25) is 0 Å². The highest BCUT2D eigenvalue weighted by Gasteiger charge is 2.28. The average Bonchev–Trinajstić information content (AvgIpc) is 3.68. The van der Waals surface area contributed by atoms with E-state index in [1.54, 1.807) is 11.3 Å². The number of carbonyl (C=O) groups is 1. The summed E-state index contributed by atoms with van der Waals surface area (Å²) in [6, 6.07) is 15.8. The van der Waals surface area contributed by atoms with Gasteiger partial charge < -0.3 is 19.7 Å². The molecule has 0 amide bonds. The number of aryl methyl sites for hydroxylation is 1. The number of hydrogen-bond donors (Lipinski definition) is 1. The lowest BCUT2D eigenvalue weighted by atomic mass is 10.0. The van der Waals surface area contributed by atoms with Crippen LogP contribution in [-0.2, 0) is 17.6 Å². The minimum Gasteiger partial charge on any atom is -0.494 e. The lowest BCUT2D eigenvalue weighted by Crippen LogP contribution is -2.27. The van der Waals surface area contributed by atoms with Gasteiger partial charge in [0.05, 0.1) is 30.5 Å². The van der Waals surface area contributed by atoms with Crippen molar-refractivity contribution in [2.24, 2.45) is 0 Å². The van der Waals surface area contributed by atoms with Crippen molar-refractivity contribution in [1.82, 2.24) is 25.1 Å². The molecule has 3 aromatic heterocycles. The number of ether oxygens (including phenoxy) is 2. The molecule has 12 heteroatoms. The molecule has 1 N–H and O–H groups in total. The summed E-state index contributed by atoms with van der Waals surface area (Å²) < 4.78 is 12.2. The van der Waals surface area contributed by atoms with E-state index in [1.165, 1.54) is 18.4 Å². The second-order valence-electron chi connectivity index (χ2n) is 11.1. The molecule has 1 aliphatic heterocycles. The summed E-state index contributed by atoms with van der Waals surface area (Å²) in [6.45, 7) is 4.01. The van der Waals surface area contributed by atoms with Crippen LogP contribution in [0.25, 0.3) is 10.2 Å². The van der Waals surface area contributed by atoms with Gasteiger partial charge in [-0.05, 0) is 83.1 Å². The van der Waals surface area contributed by atoms with E-state index in [-0.39, 0.29) is 0 Å². The van der Waals surface area contributed by atoms with Gasteiger partial charge in [0, 0.05) is 28.1 Å². The Kier molecular flexibility index (Phi) is 9.73. The van der Waals surface area contributed by atoms with Crippen LogP contribution in [0.5, 0.6) is 5.75 Å². The predicted octanol–water partition coefficient (Wildman–Crippen LogP) is 6.39. The lowest BCUT2D eigenvalue weighted by molar-refractivity contribution is 0.0593. The van der Waals surface area contributed by atoms with Crippen molar-refractivity contribution >= 4 is 60.8 Å². The Bertz CT molecular complexity index is 1870. The van der Waals surface area contributed by atoms with Crippen LogP contribution in [0.3, 0.4) is 0 Å². The number of thiazole rings is 2. The highest BCUT2D eigenvalue weighted by molar-refractivity contribution is 7.22. The number of rotatable bonds is 10. The Morgan fingerprint density at radius 2 is 1.91 bits per heavy atom. The number of nitrogens with one attached hydrogen (secondary N) is 1. The summed E-state index contributed by atoms with van der Waals surface area (Å²) in [5, 5.41) is 14.1. The van der Waals surface area contributed by atoms with E-state index >= 15 is 0 Å². The molecule has 46 heavy (non-hydrogen) atoms. The number of nitrogens with zero attached hydrogens (tertiary/aromatic N) is 6.